The molecule has 0 aromatic carbocycles. The molecular formula is C7H8N2O3S. The van der Waals surface area contributed by atoms with Crippen molar-refractivity contribution in [2.45, 2.75) is 13.8 Å². The summed E-state index contributed by atoms with van der Waals surface area (Å²) in [6.45, 7) is 2.58. The lowest BCUT2D eigenvalue weighted by Gasteiger charge is -1.96. The van der Waals surface area contributed by atoms with Crippen LogP contribution in [0.1, 0.15) is 24.3 Å². The highest BCUT2D eigenvalue weighted by molar-refractivity contribution is 7.17. The first-order valence-corrected chi connectivity index (χ1v) is 4.28. The summed E-state index contributed by atoms with van der Waals surface area (Å²) in [4.78, 5) is 25.3. The van der Waals surface area contributed by atoms with Crippen LogP contribution >= 0.6 is 11.3 Å². The predicted octanol–water partition coefficient (Wildman–Crippen LogP) is 0.853. The zero-order chi connectivity index (χ0) is 10.0. The van der Waals surface area contributed by atoms with E-state index in [4.69, 9.17) is 10.5 Å². The Morgan fingerprint density at radius 1 is 1.46 bits per heavy atom. The average Bonchev–Trinajstić information content (AvgIpc) is 2.29. The summed E-state index contributed by atoms with van der Waals surface area (Å²) in [5.41, 5.74) is 5.47. The number of hydrogen-bond acceptors (Lipinski definition) is 6. The van der Waals surface area contributed by atoms with Gasteiger partial charge in [-0.3, -0.25) is 9.59 Å². The third kappa shape index (κ3) is 2.25. The number of anilines is 1. The number of nitrogens with zero attached hydrogens (tertiary/aromatic N) is 1. The van der Waals surface area contributed by atoms with E-state index in [9.17, 15) is 9.59 Å². The number of Topliss-reactive ketones (excluding diaryl/α,β-unsaturated/α-hetero) is 1. The van der Waals surface area contributed by atoms with Crippen molar-refractivity contribution >= 4 is 28.2 Å². The molecule has 5 nitrogen and oxygen atoms in total. The van der Waals surface area contributed by atoms with E-state index in [0.717, 1.165) is 11.3 Å². The highest BCUT2D eigenvalue weighted by atomic mass is 32.1. The molecule has 0 fully saturated rings. The van der Waals surface area contributed by atoms with Crippen molar-refractivity contribution in [1.29, 1.82) is 0 Å². The molecule has 1 aromatic heterocycles. The molecule has 1 heterocycles. The quantitative estimate of drug-likeness (QED) is 0.565. The minimum absolute atomic E-state index is 0.109. The summed E-state index contributed by atoms with van der Waals surface area (Å²) in [5.74, 6) is -0.768. The summed E-state index contributed by atoms with van der Waals surface area (Å²) >= 11 is 0.974. The zero-order valence-electron chi connectivity index (χ0n) is 7.16. The number of nitrogens with two attached hydrogens (primary N) is 1. The summed E-state index contributed by atoms with van der Waals surface area (Å²) in [5, 5.41) is 0.374. The number of carbonyl (C=O) groups is 2. The van der Waals surface area contributed by atoms with Crippen LogP contribution in [0.5, 0.6) is 5.06 Å². The Kier molecular flexibility index (Phi) is 2.62. The smallest absolute Gasteiger partial charge is 0.308 e. The molecule has 0 atom stereocenters. The number of aromatic nitrogens is 1. The van der Waals surface area contributed by atoms with Gasteiger partial charge in [0.15, 0.2) is 16.6 Å². The Hall–Kier alpha value is -1.43. The highest BCUT2D eigenvalue weighted by Gasteiger charge is 2.16. The highest BCUT2D eigenvalue weighted by Crippen LogP contribution is 2.29. The Morgan fingerprint density at radius 2 is 2.08 bits per heavy atom. The van der Waals surface area contributed by atoms with Gasteiger partial charge < -0.3 is 10.5 Å². The standard InChI is InChI=1S/C7H8N2O3S/c1-3(10)5-6(12-4(2)11)13-7(8)9-5/h1-2H3,(H2,8,9). The predicted molar refractivity (Wildman–Crippen MR) is 47.8 cm³/mol. The molecule has 0 saturated heterocycles. The van der Waals surface area contributed by atoms with Crippen molar-refractivity contribution in [1.82, 2.24) is 4.98 Å². The number of rotatable bonds is 2. The number of ketones is 1. The Morgan fingerprint density at radius 3 is 2.54 bits per heavy atom. The number of hydrogen-bond donors (Lipinski definition) is 1. The van der Waals surface area contributed by atoms with Gasteiger partial charge >= 0.3 is 5.97 Å². The molecule has 0 aliphatic carbocycles. The first-order chi connectivity index (χ1) is 6.00. The molecule has 2 N–H and O–H groups in total. The minimum Gasteiger partial charge on any atom is -0.413 e. The average molecular weight is 200 g/mol. The lowest BCUT2D eigenvalue weighted by Crippen LogP contribution is -2.04. The topological polar surface area (TPSA) is 82.3 Å². The molecule has 6 heteroatoms. The van der Waals surface area contributed by atoms with Gasteiger partial charge in [-0.25, -0.2) is 4.98 Å². The molecule has 0 bridgehead atoms. The summed E-state index contributed by atoms with van der Waals surface area (Å²) in [7, 11) is 0. The van der Waals surface area contributed by atoms with E-state index in [1.165, 1.54) is 13.8 Å². The van der Waals surface area contributed by atoms with Crippen LogP contribution in [0.2, 0.25) is 0 Å². The molecule has 70 valence electrons. The number of ether oxygens (including phenoxy) is 1. The first kappa shape index (κ1) is 9.66. The molecule has 0 aliphatic rings. The van der Waals surface area contributed by atoms with E-state index in [1.807, 2.05) is 0 Å². The van der Waals surface area contributed by atoms with Gasteiger partial charge in [-0.1, -0.05) is 11.3 Å². The maximum absolute atomic E-state index is 11.0. The lowest BCUT2D eigenvalue weighted by molar-refractivity contribution is -0.131. The Labute approximate surface area is 78.5 Å². The van der Waals surface area contributed by atoms with Gasteiger partial charge in [0.05, 0.1) is 0 Å². The number of esters is 1. The second kappa shape index (κ2) is 3.53. The van der Waals surface area contributed by atoms with E-state index in [0.29, 0.717) is 0 Å². The van der Waals surface area contributed by atoms with Crippen LogP contribution in [0, 0.1) is 0 Å². The van der Waals surface area contributed by atoms with E-state index in [2.05, 4.69) is 4.98 Å². The van der Waals surface area contributed by atoms with Crippen molar-refractivity contribution in [3.8, 4) is 5.06 Å². The van der Waals surface area contributed by atoms with Crippen LogP contribution in [0.4, 0.5) is 5.13 Å². The number of nitrogen functional groups attached to an aromatic ring is 1. The normalized spacial score (nSPS) is 9.69. The fourth-order valence-electron chi connectivity index (χ4n) is 0.744. The maximum atomic E-state index is 11.0. The fourth-order valence-corrected chi connectivity index (χ4v) is 1.52. The molecule has 0 saturated carbocycles. The maximum Gasteiger partial charge on any atom is 0.308 e. The third-order valence-electron chi connectivity index (χ3n) is 1.18. The van der Waals surface area contributed by atoms with Crippen LogP contribution in [-0.4, -0.2) is 16.7 Å². The monoisotopic (exact) mass is 200 g/mol. The molecule has 0 unspecified atom stereocenters. The number of carbonyl (C=O) groups excluding carboxylic acids is 2. The lowest BCUT2D eigenvalue weighted by atomic mass is 10.3. The van der Waals surface area contributed by atoms with Gasteiger partial charge in [-0.2, -0.15) is 0 Å². The first-order valence-electron chi connectivity index (χ1n) is 3.46. The molecule has 0 aliphatic heterocycles. The molecule has 13 heavy (non-hydrogen) atoms. The Bertz CT molecular complexity index is 359. The SMILES string of the molecule is CC(=O)Oc1sc(N)nc1C(C)=O. The second-order valence-corrected chi connectivity index (χ2v) is 3.33. The van der Waals surface area contributed by atoms with Crippen LogP contribution in [0.25, 0.3) is 0 Å². The second-order valence-electron chi connectivity index (χ2n) is 2.34. The van der Waals surface area contributed by atoms with E-state index < -0.39 is 5.97 Å². The summed E-state index contributed by atoms with van der Waals surface area (Å²) < 4.78 is 4.74. The van der Waals surface area contributed by atoms with E-state index >= 15 is 0 Å². The van der Waals surface area contributed by atoms with Gasteiger partial charge in [0.2, 0.25) is 5.06 Å². The van der Waals surface area contributed by atoms with Gasteiger partial charge in [0.25, 0.3) is 0 Å². The molecule has 0 radical (unpaired) electrons. The van der Waals surface area contributed by atoms with E-state index in [1.54, 1.807) is 0 Å². The largest absolute Gasteiger partial charge is 0.413 e. The molecule has 1 rings (SSSR count). The van der Waals surface area contributed by atoms with Crippen LogP contribution in [0.3, 0.4) is 0 Å². The zero-order valence-corrected chi connectivity index (χ0v) is 7.97. The molecule has 0 amide bonds. The fraction of sp³-hybridized carbons (Fsp3) is 0.286. The molecular weight excluding hydrogens is 192 g/mol. The van der Waals surface area contributed by atoms with Crippen LogP contribution in [-0.2, 0) is 4.79 Å². The van der Waals surface area contributed by atoms with Crippen molar-refractivity contribution in [3.05, 3.63) is 5.69 Å². The molecule has 1 aromatic rings. The summed E-state index contributed by atoms with van der Waals surface area (Å²) in [6, 6.07) is 0. The van der Waals surface area contributed by atoms with Gasteiger partial charge in [-0.05, 0) is 0 Å². The van der Waals surface area contributed by atoms with Crippen LogP contribution in [0.15, 0.2) is 0 Å². The van der Waals surface area contributed by atoms with Gasteiger partial charge in [-0.15, -0.1) is 0 Å². The van der Waals surface area contributed by atoms with Gasteiger partial charge in [0, 0.05) is 13.8 Å². The van der Waals surface area contributed by atoms with Crippen molar-refractivity contribution in [3.63, 3.8) is 0 Å². The Balaban J connectivity index is 3.04. The minimum atomic E-state index is -0.494. The van der Waals surface area contributed by atoms with Gasteiger partial charge in [0.1, 0.15) is 0 Å². The summed E-state index contributed by atoms with van der Waals surface area (Å²) in [6.07, 6.45) is 0. The van der Waals surface area contributed by atoms with Crippen molar-refractivity contribution < 1.29 is 14.3 Å². The molecule has 0 spiro atoms. The van der Waals surface area contributed by atoms with Crippen LogP contribution < -0.4 is 10.5 Å². The number of thiazole rings is 1. The van der Waals surface area contributed by atoms with E-state index in [-0.39, 0.29) is 21.7 Å². The third-order valence-corrected chi connectivity index (χ3v) is 1.95. The van der Waals surface area contributed by atoms with Crippen molar-refractivity contribution in [2.24, 2.45) is 0 Å². The van der Waals surface area contributed by atoms with Crippen molar-refractivity contribution in [2.75, 3.05) is 5.73 Å².